The van der Waals surface area contributed by atoms with Gasteiger partial charge in [-0.15, -0.1) is 0 Å². The summed E-state index contributed by atoms with van der Waals surface area (Å²) in [6, 6.07) is 21.4. The molecule has 2 aliphatic rings. The predicted molar refractivity (Wildman–Crippen MR) is 161 cm³/mol. The molecule has 2 aliphatic heterocycles. The number of hydrogen-bond donors (Lipinski definition) is 1. The van der Waals surface area contributed by atoms with Crippen LogP contribution in [0.15, 0.2) is 82.1 Å². The first-order chi connectivity index (χ1) is 20.3. The molecule has 2 amide bonds. The van der Waals surface area contributed by atoms with Crippen LogP contribution in [0.2, 0.25) is 5.02 Å². The Morgan fingerprint density at radius 3 is 2.45 bits per heavy atom. The largest absolute Gasteiger partial charge is 0.486 e. The molecule has 1 fully saturated rings. The Kier molecular flexibility index (Phi) is 7.94. The van der Waals surface area contributed by atoms with Gasteiger partial charge in [0.25, 0.3) is 11.8 Å². The molecule has 1 saturated heterocycles. The van der Waals surface area contributed by atoms with Crippen LogP contribution in [0.1, 0.15) is 45.1 Å². The van der Waals surface area contributed by atoms with Gasteiger partial charge in [-0.1, -0.05) is 41.9 Å². The van der Waals surface area contributed by atoms with Crippen LogP contribution in [0.3, 0.4) is 0 Å². The van der Waals surface area contributed by atoms with Gasteiger partial charge < -0.3 is 19.7 Å². The molecule has 6 rings (SSSR count). The molecule has 0 bridgehead atoms. The summed E-state index contributed by atoms with van der Waals surface area (Å²) in [5.74, 6) is 0.00386. The lowest BCUT2D eigenvalue weighted by Crippen LogP contribution is -2.41. The van der Waals surface area contributed by atoms with Gasteiger partial charge in [0.05, 0.1) is 42.2 Å². The molecule has 11 heteroatoms. The van der Waals surface area contributed by atoms with Crippen LogP contribution in [0.25, 0.3) is 5.69 Å². The Morgan fingerprint density at radius 2 is 1.79 bits per heavy atom. The van der Waals surface area contributed by atoms with Crippen LogP contribution >= 0.6 is 27.5 Å². The first-order valence-electron chi connectivity index (χ1n) is 13.6. The van der Waals surface area contributed by atoms with Gasteiger partial charge in [0.2, 0.25) is 0 Å². The molecule has 3 aromatic carbocycles. The van der Waals surface area contributed by atoms with Crippen molar-refractivity contribution in [3.63, 3.8) is 0 Å². The molecule has 42 heavy (non-hydrogen) atoms. The number of hydrogen-bond acceptors (Lipinski definition) is 5. The Labute approximate surface area is 255 Å². The molecule has 3 heterocycles. The molecular formula is C31H28BrClN4O5. The van der Waals surface area contributed by atoms with Crippen LogP contribution in [-0.4, -0.2) is 51.7 Å². The number of carbonyl (C=O) groups excluding carboxylic acids is 2. The van der Waals surface area contributed by atoms with Crippen molar-refractivity contribution in [2.45, 2.75) is 32.2 Å². The lowest BCUT2D eigenvalue weighted by atomic mass is 10.1. The van der Waals surface area contributed by atoms with Crippen molar-refractivity contribution in [1.29, 1.82) is 0 Å². The average Bonchev–Trinajstić information content (AvgIpc) is 3.28. The van der Waals surface area contributed by atoms with Crippen molar-refractivity contribution >= 4 is 39.3 Å². The van der Waals surface area contributed by atoms with Crippen LogP contribution in [-0.2, 0) is 17.8 Å². The van der Waals surface area contributed by atoms with Crippen molar-refractivity contribution in [3.05, 3.63) is 115 Å². The highest BCUT2D eigenvalue weighted by atomic mass is 79.9. The number of fused-ring (bicyclic) bond motifs is 1. The first-order valence-corrected chi connectivity index (χ1v) is 14.8. The molecule has 216 valence electrons. The van der Waals surface area contributed by atoms with E-state index in [2.05, 4.69) is 21.2 Å². The highest BCUT2D eigenvalue weighted by molar-refractivity contribution is 9.10. The van der Waals surface area contributed by atoms with Gasteiger partial charge in [-0.05, 0) is 70.9 Å². The van der Waals surface area contributed by atoms with E-state index >= 15 is 0 Å². The monoisotopic (exact) mass is 650 g/mol. The summed E-state index contributed by atoms with van der Waals surface area (Å²) in [5.41, 5.74) is 2.19. The summed E-state index contributed by atoms with van der Waals surface area (Å²) >= 11 is 9.61. The maximum Gasteiger partial charge on any atom is 0.333 e. The van der Waals surface area contributed by atoms with Gasteiger partial charge >= 0.3 is 5.69 Å². The third-order valence-corrected chi connectivity index (χ3v) is 8.73. The maximum absolute atomic E-state index is 13.9. The number of rotatable bonds is 7. The highest BCUT2D eigenvalue weighted by Gasteiger charge is 2.33. The number of benzene rings is 3. The molecule has 1 N–H and O–H groups in total. The van der Waals surface area contributed by atoms with Crippen molar-refractivity contribution in [2.24, 2.45) is 0 Å². The minimum absolute atomic E-state index is 0.00491. The fourth-order valence-electron chi connectivity index (χ4n) is 5.16. The van der Waals surface area contributed by atoms with Gasteiger partial charge in [-0.2, -0.15) is 0 Å². The fourth-order valence-corrected chi connectivity index (χ4v) is 5.58. The zero-order chi connectivity index (χ0) is 29.4. The number of nitrogens with zero attached hydrogens (tertiary/aromatic N) is 3. The summed E-state index contributed by atoms with van der Waals surface area (Å²) in [5, 5.41) is 3.48. The SMILES string of the molecule is CC(NC(=O)c1c2n(c(=O)n1-c1ccc(OC3COC3)cc1)CCN(C(=O)c1ccc(Br)c(Cl)c1)C2)c1ccccc1. The van der Waals surface area contributed by atoms with E-state index in [0.29, 0.717) is 51.9 Å². The zero-order valence-electron chi connectivity index (χ0n) is 22.8. The lowest BCUT2D eigenvalue weighted by Gasteiger charge is -2.28. The Balaban J connectivity index is 1.37. The highest BCUT2D eigenvalue weighted by Crippen LogP contribution is 2.27. The Bertz CT molecular complexity index is 1700. The van der Waals surface area contributed by atoms with Gasteiger partial charge in [-0.25, -0.2) is 4.79 Å². The summed E-state index contributed by atoms with van der Waals surface area (Å²) < 4.78 is 14.7. The molecule has 1 unspecified atom stereocenters. The van der Waals surface area contributed by atoms with E-state index in [-0.39, 0.29) is 42.5 Å². The van der Waals surface area contributed by atoms with E-state index in [9.17, 15) is 14.4 Å². The minimum atomic E-state index is -0.412. The predicted octanol–water partition coefficient (Wildman–Crippen LogP) is 4.98. The average molecular weight is 652 g/mol. The number of imidazole rings is 1. The second-order valence-corrected chi connectivity index (χ2v) is 11.6. The van der Waals surface area contributed by atoms with Crippen molar-refractivity contribution in [2.75, 3.05) is 19.8 Å². The molecule has 0 radical (unpaired) electrons. The molecule has 0 saturated carbocycles. The molecule has 9 nitrogen and oxygen atoms in total. The van der Waals surface area contributed by atoms with Crippen molar-refractivity contribution in [1.82, 2.24) is 19.4 Å². The number of ether oxygens (including phenoxy) is 2. The maximum atomic E-state index is 13.9. The molecular weight excluding hydrogens is 624 g/mol. The number of aromatic nitrogens is 2. The summed E-state index contributed by atoms with van der Waals surface area (Å²) in [7, 11) is 0. The van der Waals surface area contributed by atoms with Crippen LogP contribution in [0.5, 0.6) is 5.75 Å². The van der Waals surface area contributed by atoms with Crippen LogP contribution in [0.4, 0.5) is 0 Å². The second-order valence-electron chi connectivity index (χ2n) is 10.3. The van der Waals surface area contributed by atoms with E-state index in [1.54, 1.807) is 51.9 Å². The molecule has 0 spiro atoms. The Morgan fingerprint density at radius 1 is 1.05 bits per heavy atom. The van der Waals surface area contributed by atoms with E-state index in [4.69, 9.17) is 21.1 Å². The Hall–Kier alpha value is -3.86. The van der Waals surface area contributed by atoms with Gasteiger partial charge in [0.15, 0.2) is 0 Å². The van der Waals surface area contributed by atoms with E-state index in [0.717, 1.165) is 5.56 Å². The first kappa shape index (κ1) is 28.3. The fraction of sp³-hybridized carbons (Fsp3) is 0.258. The number of carbonyl (C=O) groups is 2. The van der Waals surface area contributed by atoms with Gasteiger partial charge in [-0.3, -0.25) is 18.7 Å². The van der Waals surface area contributed by atoms with Gasteiger partial charge in [0, 0.05) is 23.1 Å². The quantitative estimate of drug-likeness (QED) is 0.304. The number of halogens is 2. The standard InChI is InChI=1S/C31H28BrClN4O5/c1-19(20-5-3-2-4-6-20)34-29(38)28-27-16-35(30(39)21-7-12-25(32)26(33)15-21)13-14-36(27)31(40)37(28)22-8-10-23(11-9-22)42-24-17-41-18-24/h2-12,15,19,24H,13-14,16-18H2,1H3,(H,34,38). The van der Waals surface area contributed by atoms with Crippen LogP contribution in [0, 0.1) is 0 Å². The third-order valence-electron chi connectivity index (χ3n) is 7.50. The summed E-state index contributed by atoms with van der Waals surface area (Å²) in [4.78, 5) is 42.9. The van der Waals surface area contributed by atoms with E-state index in [1.807, 2.05) is 37.3 Å². The third kappa shape index (κ3) is 5.49. The molecule has 1 aromatic heterocycles. The van der Waals surface area contributed by atoms with E-state index in [1.165, 1.54) is 4.57 Å². The normalized spacial score (nSPS) is 15.5. The number of amides is 2. The molecule has 4 aromatic rings. The van der Waals surface area contributed by atoms with E-state index < -0.39 is 5.91 Å². The molecule has 1 atom stereocenters. The summed E-state index contributed by atoms with van der Waals surface area (Å²) in [6.07, 6.45) is 0.00491. The second kappa shape index (κ2) is 11.8. The van der Waals surface area contributed by atoms with Gasteiger partial charge in [0.1, 0.15) is 17.5 Å². The number of nitrogens with one attached hydrogen (secondary N) is 1. The topological polar surface area (TPSA) is 94.8 Å². The molecule has 0 aliphatic carbocycles. The zero-order valence-corrected chi connectivity index (χ0v) is 25.1. The minimum Gasteiger partial charge on any atom is -0.486 e. The van der Waals surface area contributed by atoms with Crippen molar-refractivity contribution in [3.8, 4) is 11.4 Å². The lowest BCUT2D eigenvalue weighted by molar-refractivity contribution is -0.0796. The van der Waals surface area contributed by atoms with Crippen LogP contribution < -0.4 is 15.7 Å². The summed E-state index contributed by atoms with van der Waals surface area (Å²) in [6.45, 7) is 3.61. The van der Waals surface area contributed by atoms with Crippen molar-refractivity contribution < 1.29 is 19.1 Å². The smallest absolute Gasteiger partial charge is 0.333 e.